The van der Waals surface area contributed by atoms with Gasteiger partial charge in [-0.1, -0.05) is 96.1 Å². The molecule has 0 fully saturated rings. The topological polar surface area (TPSA) is 43.4 Å². The summed E-state index contributed by atoms with van der Waals surface area (Å²) in [5.41, 5.74) is 0. The van der Waals surface area contributed by atoms with Crippen LogP contribution in [-0.4, -0.2) is 17.9 Å². The zero-order chi connectivity index (χ0) is 19.6. The Labute approximate surface area is 166 Å². The minimum atomic E-state index is -0.280. The molecule has 0 N–H and O–H groups in total. The minimum absolute atomic E-state index is 0.108. The quantitative estimate of drug-likeness (QED) is 0.158. The van der Waals surface area contributed by atoms with E-state index in [0.717, 1.165) is 19.3 Å². The molecule has 1 aliphatic rings. The second-order valence-electron chi connectivity index (χ2n) is 7.79. The van der Waals surface area contributed by atoms with Crippen molar-refractivity contribution in [3.8, 4) is 0 Å². The first kappa shape index (κ1) is 23.7. The zero-order valence-corrected chi connectivity index (χ0v) is 17.4. The third-order valence-corrected chi connectivity index (χ3v) is 5.17. The fourth-order valence-electron chi connectivity index (χ4n) is 3.46. The van der Waals surface area contributed by atoms with Crippen LogP contribution in [0, 0.1) is 0 Å². The van der Waals surface area contributed by atoms with Crippen molar-refractivity contribution in [3.05, 3.63) is 24.3 Å². The number of allylic oxidation sites excluding steroid dienone is 1. The highest BCUT2D eigenvalue weighted by Crippen LogP contribution is 2.14. The molecule has 0 unspecified atom stereocenters. The standard InChI is InChI=1S/C24H40O3/c1-2-3-4-5-6-7-8-9-10-11-12-13-14-17-22(25)18-15-19-23-20-16-21-24(26)27-23/h15-16,18,21,23H,2-14,17,19-20H2,1H3/b18-15+/t23-/m0/s1. The average Bonchev–Trinajstić information content (AvgIpc) is 2.65. The molecule has 0 spiro atoms. The Bertz CT molecular complexity index is 451. The molecule has 0 aromatic carbocycles. The van der Waals surface area contributed by atoms with Gasteiger partial charge in [0.25, 0.3) is 0 Å². The van der Waals surface area contributed by atoms with Crippen molar-refractivity contribution in [3.63, 3.8) is 0 Å². The fourth-order valence-corrected chi connectivity index (χ4v) is 3.46. The van der Waals surface area contributed by atoms with Gasteiger partial charge in [0.15, 0.2) is 5.78 Å². The highest BCUT2D eigenvalue weighted by Gasteiger charge is 2.13. The van der Waals surface area contributed by atoms with Gasteiger partial charge >= 0.3 is 5.97 Å². The molecular formula is C24H40O3. The van der Waals surface area contributed by atoms with E-state index in [1.54, 1.807) is 6.08 Å². The Kier molecular flexibility index (Phi) is 14.7. The smallest absolute Gasteiger partial charge is 0.330 e. The lowest BCUT2D eigenvalue weighted by Gasteiger charge is -2.16. The molecule has 3 nitrogen and oxygen atoms in total. The molecular weight excluding hydrogens is 336 g/mol. The molecule has 0 aliphatic carbocycles. The van der Waals surface area contributed by atoms with Gasteiger partial charge in [0.2, 0.25) is 0 Å². The summed E-state index contributed by atoms with van der Waals surface area (Å²) in [4.78, 5) is 23.0. The summed E-state index contributed by atoms with van der Waals surface area (Å²) in [7, 11) is 0. The summed E-state index contributed by atoms with van der Waals surface area (Å²) < 4.78 is 5.16. The number of hydrogen-bond donors (Lipinski definition) is 0. The summed E-state index contributed by atoms with van der Waals surface area (Å²) in [5.74, 6) is -0.0892. The van der Waals surface area contributed by atoms with E-state index < -0.39 is 0 Å². The number of carbonyl (C=O) groups is 2. The van der Waals surface area contributed by atoms with Gasteiger partial charge in [-0.15, -0.1) is 0 Å². The molecule has 27 heavy (non-hydrogen) atoms. The molecule has 0 radical (unpaired) electrons. The van der Waals surface area contributed by atoms with Gasteiger partial charge in [-0.3, -0.25) is 4.79 Å². The monoisotopic (exact) mass is 376 g/mol. The summed E-state index contributed by atoms with van der Waals surface area (Å²) in [6, 6.07) is 0. The maximum Gasteiger partial charge on any atom is 0.330 e. The molecule has 1 atom stereocenters. The summed E-state index contributed by atoms with van der Waals surface area (Å²) in [5, 5.41) is 0. The highest BCUT2D eigenvalue weighted by molar-refractivity contribution is 5.89. The first-order chi connectivity index (χ1) is 13.2. The number of ketones is 1. The predicted molar refractivity (Wildman–Crippen MR) is 113 cm³/mol. The maximum atomic E-state index is 11.8. The molecule has 0 amide bonds. The van der Waals surface area contributed by atoms with Crippen LogP contribution >= 0.6 is 0 Å². The van der Waals surface area contributed by atoms with Gasteiger partial charge in [-0.2, -0.15) is 0 Å². The zero-order valence-electron chi connectivity index (χ0n) is 17.4. The number of carbonyl (C=O) groups excluding carboxylic acids is 2. The van der Waals surface area contributed by atoms with E-state index >= 15 is 0 Å². The molecule has 154 valence electrons. The summed E-state index contributed by atoms with van der Waals surface area (Å²) in [6.07, 6.45) is 25.9. The highest BCUT2D eigenvalue weighted by atomic mass is 16.5. The van der Waals surface area contributed by atoms with Crippen molar-refractivity contribution in [1.82, 2.24) is 0 Å². The second-order valence-corrected chi connectivity index (χ2v) is 7.79. The number of hydrogen-bond acceptors (Lipinski definition) is 3. The molecule has 0 saturated carbocycles. The number of esters is 1. The number of rotatable bonds is 17. The van der Waals surface area contributed by atoms with E-state index in [0.29, 0.717) is 12.8 Å². The van der Waals surface area contributed by atoms with Crippen molar-refractivity contribution < 1.29 is 14.3 Å². The van der Waals surface area contributed by atoms with Crippen LogP contribution in [0.1, 0.15) is 110 Å². The van der Waals surface area contributed by atoms with Crippen LogP contribution in [-0.2, 0) is 14.3 Å². The molecule has 0 bridgehead atoms. The first-order valence-electron chi connectivity index (χ1n) is 11.3. The molecule has 1 aliphatic heterocycles. The van der Waals surface area contributed by atoms with Crippen LogP contribution in [0.15, 0.2) is 24.3 Å². The number of ether oxygens (including phenoxy) is 1. The first-order valence-corrected chi connectivity index (χ1v) is 11.3. The van der Waals surface area contributed by atoms with Gasteiger partial charge in [0.05, 0.1) is 0 Å². The summed E-state index contributed by atoms with van der Waals surface area (Å²) >= 11 is 0. The van der Waals surface area contributed by atoms with E-state index in [-0.39, 0.29) is 17.9 Å². The lowest BCUT2D eigenvalue weighted by atomic mass is 10.0. The number of cyclic esters (lactones) is 1. The molecule has 0 aromatic heterocycles. The van der Waals surface area contributed by atoms with E-state index in [2.05, 4.69) is 6.92 Å². The Balaban J connectivity index is 1.84. The Hall–Kier alpha value is -1.38. The van der Waals surface area contributed by atoms with Gasteiger partial charge in [-0.25, -0.2) is 4.79 Å². The minimum Gasteiger partial charge on any atom is -0.459 e. The SMILES string of the molecule is CCCCCCCCCCCCCCCC(=O)/C=C/C[C@H]1CC=CC(=O)O1. The van der Waals surface area contributed by atoms with Crippen LogP contribution < -0.4 is 0 Å². The Morgan fingerprint density at radius 3 is 2.07 bits per heavy atom. The Morgan fingerprint density at radius 1 is 0.963 bits per heavy atom. The van der Waals surface area contributed by atoms with Crippen LogP contribution in [0.5, 0.6) is 0 Å². The van der Waals surface area contributed by atoms with Crippen molar-refractivity contribution in [2.75, 3.05) is 0 Å². The van der Waals surface area contributed by atoms with Crippen LogP contribution in [0.4, 0.5) is 0 Å². The molecule has 3 heteroatoms. The molecule has 0 saturated heterocycles. The van der Waals surface area contributed by atoms with Crippen molar-refractivity contribution in [2.45, 2.75) is 116 Å². The van der Waals surface area contributed by atoms with Crippen LogP contribution in [0.25, 0.3) is 0 Å². The normalized spacial score (nSPS) is 16.8. The second kappa shape index (κ2) is 16.8. The van der Waals surface area contributed by atoms with Gasteiger partial charge in [0, 0.05) is 25.3 Å². The maximum absolute atomic E-state index is 11.8. The van der Waals surface area contributed by atoms with E-state index in [1.807, 2.05) is 12.2 Å². The molecule has 1 rings (SSSR count). The lowest BCUT2D eigenvalue weighted by Crippen LogP contribution is -2.18. The Morgan fingerprint density at radius 2 is 1.52 bits per heavy atom. The third-order valence-electron chi connectivity index (χ3n) is 5.17. The predicted octanol–water partition coefficient (Wildman–Crippen LogP) is 6.85. The molecule has 1 heterocycles. The van der Waals surface area contributed by atoms with Crippen LogP contribution in [0.2, 0.25) is 0 Å². The van der Waals surface area contributed by atoms with E-state index in [4.69, 9.17) is 4.74 Å². The van der Waals surface area contributed by atoms with Crippen molar-refractivity contribution in [1.29, 1.82) is 0 Å². The number of unbranched alkanes of at least 4 members (excludes halogenated alkanes) is 12. The lowest BCUT2D eigenvalue weighted by molar-refractivity contribution is -0.143. The van der Waals surface area contributed by atoms with Gasteiger partial charge in [-0.05, 0) is 12.5 Å². The third kappa shape index (κ3) is 14.4. The van der Waals surface area contributed by atoms with Gasteiger partial charge < -0.3 is 4.74 Å². The van der Waals surface area contributed by atoms with Crippen LogP contribution in [0.3, 0.4) is 0 Å². The summed E-state index contributed by atoms with van der Waals surface area (Å²) in [6.45, 7) is 2.27. The van der Waals surface area contributed by atoms with Gasteiger partial charge in [0.1, 0.15) is 6.10 Å². The van der Waals surface area contributed by atoms with Crippen molar-refractivity contribution in [2.24, 2.45) is 0 Å². The van der Waals surface area contributed by atoms with E-state index in [1.165, 1.54) is 76.7 Å². The average molecular weight is 377 g/mol. The van der Waals surface area contributed by atoms with Crippen molar-refractivity contribution >= 4 is 11.8 Å². The fraction of sp³-hybridized carbons (Fsp3) is 0.750. The molecule has 0 aromatic rings. The largest absolute Gasteiger partial charge is 0.459 e. The van der Waals surface area contributed by atoms with E-state index in [9.17, 15) is 9.59 Å².